The van der Waals surface area contributed by atoms with E-state index >= 15 is 0 Å². The molecule has 1 unspecified atom stereocenters. The van der Waals surface area contributed by atoms with Crippen LogP contribution in [0, 0.1) is 0 Å². The Hall–Kier alpha value is -1.86. The molecule has 0 saturated heterocycles. The van der Waals surface area contributed by atoms with Gasteiger partial charge in [0.15, 0.2) is 6.29 Å². The molecule has 18 heavy (non-hydrogen) atoms. The van der Waals surface area contributed by atoms with Gasteiger partial charge >= 0.3 is 0 Å². The van der Waals surface area contributed by atoms with Gasteiger partial charge < -0.3 is 16.8 Å². The van der Waals surface area contributed by atoms with Gasteiger partial charge in [-0.05, 0) is 18.2 Å². The number of carbonyl (C=O) groups is 3. The number of hydrogen-bond acceptors (Lipinski definition) is 5. The van der Waals surface area contributed by atoms with Crippen molar-refractivity contribution in [3.8, 4) is 0 Å². The summed E-state index contributed by atoms with van der Waals surface area (Å²) in [5.74, 6) is -0.980. The van der Waals surface area contributed by atoms with Crippen molar-refractivity contribution in [1.29, 1.82) is 0 Å². The summed E-state index contributed by atoms with van der Waals surface area (Å²) >= 11 is 3.90. The molecule has 0 aliphatic heterocycles. The molecule has 0 radical (unpaired) electrons. The topological polar surface area (TPSA) is 115 Å². The Morgan fingerprint density at radius 1 is 1.44 bits per heavy atom. The van der Waals surface area contributed by atoms with Crippen LogP contribution in [0.5, 0.6) is 0 Å². The molecule has 0 aliphatic rings. The van der Waals surface area contributed by atoms with E-state index in [1.165, 1.54) is 18.2 Å². The van der Waals surface area contributed by atoms with Crippen molar-refractivity contribution in [2.45, 2.75) is 6.04 Å². The van der Waals surface area contributed by atoms with Crippen LogP contribution >= 0.6 is 12.6 Å². The first kappa shape index (κ1) is 14.2. The first-order valence-electron chi connectivity index (χ1n) is 5.06. The third-order valence-corrected chi connectivity index (χ3v) is 2.64. The molecule has 0 spiro atoms. The minimum atomic E-state index is -0.754. The minimum absolute atomic E-state index is 0.0437. The maximum absolute atomic E-state index is 11.5. The normalized spacial score (nSPS) is 11.7. The summed E-state index contributed by atoms with van der Waals surface area (Å²) < 4.78 is 0. The van der Waals surface area contributed by atoms with E-state index in [9.17, 15) is 14.4 Å². The van der Waals surface area contributed by atoms with Gasteiger partial charge in [0.25, 0.3) is 0 Å². The number of anilines is 1. The number of amides is 2. The van der Waals surface area contributed by atoms with Crippen LogP contribution in [0.15, 0.2) is 18.2 Å². The highest BCUT2D eigenvalue weighted by Crippen LogP contribution is 2.14. The highest BCUT2D eigenvalue weighted by Gasteiger charge is 2.13. The first-order valence-corrected chi connectivity index (χ1v) is 5.69. The zero-order valence-corrected chi connectivity index (χ0v) is 10.3. The summed E-state index contributed by atoms with van der Waals surface area (Å²) in [6.45, 7) is 0. The summed E-state index contributed by atoms with van der Waals surface area (Å²) in [5, 5.41) is 2.50. The van der Waals surface area contributed by atoms with Gasteiger partial charge in [-0.15, -0.1) is 0 Å². The predicted molar refractivity (Wildman–Crippen MR) is 70.8 cm³/mol. The van der Waals surface area contributed by atoms with Crippen molar-refractivity contribution < 1.29 is 14.4 Å². The van der Waals surface area contributed by atoms with Gasteiger partial charge in [0.2, 0.25) is 11.8 Å². The Balaban J connectivity index is 2.99. The minimum Gasteiger partial charge on any atom is -0.366 e. The Labute approximate surface area is 109 Å². The molecule has 1 aromatic rings. The lowest BCUT2D eigenvalue weighted by Crippen LogP contribution is -2.37. The van der Waals surface area contributed by atoms with Crippen LogP contribution in [0.3, 0.4) is 0 Å². The fraction of sp³-hybridized carbons (Fsp3) is 0.182. The highest BCUT2D eigenvalue weighted by atomic mass is 32.1. The average Bonchev–Trinajstić information content (AvgIpc) is 2.37. The van der Waals surface area contributed by atoms with Crippen LogP contribution < -0.4 is 16.8 Å². The van der Waals surface area contributed by atoms with Gasteiger partial charge in [0, 0.05) is 17.0 Å². The molecule has 1 atom stereocenters. The monoisotopic (exact) mass is 267 g/mol. The smallest absolute Gasteiger partial charge is 0.249 e. The molecule has 1 aromatic carbocycles. The Morgan fingerprint density at radius 2 is 2.11 bits per heavy atom. The molecular weight excluding hydrogens is 254 g/mol. The lowest BCUT2D eigenvalue weighted by atomic mass is 10.1. The van der Waals surface area contributed by atoms with E-state index < -0.39 is 17.9 Å². The Bertz CT molecular complexity index is 490. The average molecular weight is 267 g/mol. The van der Waals surface area contributed by atoms with Crippen LogP contribution in [0.25, 0.3) is 0 Å². The third-order valence-electron chi connectivity index (χ3n) is 2.25. The van der Waals surface area contributed by atoms with Crippen LogP contribution in [-0.2, 0) is 4.79 Å². The van der Waals surface area contributed by atoms with E-state index in [1.54, 1.807) is 0 Å². The number of benzene rings is 1. The molecule has 0 bridgehead atoms. The Morgan fingerprint density at radius 3 is 2.61 bits per heavy atom. The van der Waals surface area contributed by atoms with Gasteiger partial charge in [-0.2, -0.15) is 12.6 Å². The second-order valence-corrected chi connectivity index (χ2v) is 3.93. The number of aldehydes is 1. The van der Waals surface area contributed by atoms with Crippen molar-refractivity contribution in [2.75, 3.05) is 11.1 Å². The summed E-state index contributed by atoms with van der Waals surface area (Å²) in [6, 6.07) is 3.46. The molecule has 6 nitrogen and oxygen atoms in total. The van der Waals surface area contributed by atoms with Crippen molar-refractivity contribution in [3.63, 3.8) is 0 Å². The fourth-order valence-electron chi connectivity index (χ4n) is 1.27. The number of nitrogens with one attached hydrogen (secondary N) is 1. The molecule has 96 valence electrons. The molecule has 5 N–H and O–H groups in total. The third kappa shape index (κ3) is 3.31. The van der Waals surface area contributed by atoms with E-state index in [0.717, 1.165) is 0 Å². The molecule has 0 aromatic heterocycles. The molecule has 0 aliphatic carbocycles. The molecule has 7 heteroatoms. The molecule has 2 amide bonds. The molecule has 0 fully saturated rings. The molecule has 0 saturated carbocycles. The second-order valence-electron chi connectivity index (χ2n) is 3.56. The number of primary amides is 1. The van der Waals surface area contributed by atoms with Gasteiger partial charge in [-0.3, -0.25) is 14.4 Å². The quantitative estimate of drug-likeness (QED) is 0.436. The zero-order chi connectivity index (χ0) is 13.7. The lowest BCUT2D eigenvalue weighted by molar-refractivity contribution is -0.116. The SMILES string of the molecule is NC(=O)c1cc(NC(=O)C(N)CS)ccc1C=O. The van der Waals surface area contributed by atoms with Crippen molar-refractivity contribution in [1.82, 2.24) is 0 Å². The summed E-state index contributed by atoms with van der Waals surface area (Å²) in [6.07, 6.45) is 0.519. The zero-order valence-electron chi connectivity index (χ0n) is 9.42. The number of carbonyl (C=O) groups excluding carboxylic acids is 3. The largest absolute Gasteiger partial charge is 0.366 e. The van der Waals surface area contributed by atoms with Crippen molar-refractivity contribution >= 4 is 36.4 Å². The number of rotatable bonds is 5. The number of hydrogen-bond donors (Lipinski definition) is 4. The standard InChI is InChI=1S/C11H13N3O3S/c12-9(5-18)11(17)14-7-2-1-6(4-15)8(3-7)10(13)16/h1-4,9,18H,5,12H2,(H2,13,16)(H,14,17). The van der Waals surface area contributed by atoms with Crippen LogP contribution in [0.1, 0.15) is 20.7 Å². The first-order chi connectivity index (χ1) is 8.49. The lowest BCUT2D eigenvalue weighted by Gasteiger charge is -2.11. The van der Waals surface area contributed by atoms with Gasteiger partial charge in [-0.25, -0.2) is 0 Å². The fourth-order valence-corrected chi connectivity index (χ4v) is 1.43. The van der Waals surface area contributed by atoms with Crippen LogP contribution in [0.2, 0.25) is 0 Å². The van der Waals surface area contributed by atoms with E-state index in [-0.39, 0.29) is 16.9 Å². The van der Waals surface area contributed by atoms with Gasteiger partial charge in [-0.1, -0.05) is 0 Å². The number of nitrogens with two attached hydrogens (primary N) is 2. The molecule has 0 heterocycles. The maximum Gasteiger partial charge on any atom is 0.249 e. The number of thiol groups is 1. The van der Waals surface area contributed by atoms with E-state index in [0.29, 0.717) is 12.0 Å². The van der Waals surface area contributed by atoms with Gasteiger partial charge in [0.1, 0.15) is 0 Å². The van der Waals surface area contributed by atoms with Crippen LogP contribution in [0.4, 0.5) is 5.69 Å². The van der Waals surface area contributed by atoms with E-state index in [1.807, 2.05) is 0 Å². The molecule has 1 rings (SSSR count). The summed E-state index contributed by atoms with van der Waals surface area (Å²) in [5.41, 5.74) is 11.2. The second kappa shape index (κ2) is 6.18. The van der Waals surface area contributed by atoms with Crippen molar-refractivity contribution in [3.05, 3.63) is 29.3 Å². The predicted octanol–water partition coefficient (Wildman–Crippen LogP) is -0.206. The molecular formula is C11H13N3O3S. The van der Waals surface area contributed by atoms with Gasteiger partial charge in [0.05, 0.1) is 11.6 Å². The van der Waals surface area contributed by atoms with E-state index in [4.69, 9.17) is 11.5 Å². The summed E-state index contributed by atoms with van der Waals surface area (Å²) in [4.78, 5) is 33.3. The van der Waals surface area contributed by atoms with Crippen LogP contribution in [-0.4, -0.2) is 29.9 Å². The van der Waals surface area contributed by atoms with E-state index in [2.05, 4.69) is 17.9 Å². The van der Waals surface area contributed by atoms with Crippen molar-refractivity contribution in [2.24, 2.45) is 11.5 Å². The Kier molecular flexibility index (Phi) is 4.87. The highest BCUT2D eigenvalue weighted by molar-refractivity contribution is 7.80. The summed E-state index contributed by atoms with van der Waals surface area (Å²) in [7, 11) is 0. The maximum atomic E-state index is 11.5.